The second-order valence-corrected chi connectivity index (χ2v) is 18.3. The number of hydrogen-bond acceptors (Lipinski definition) is 6. The van der Waals surface area contributed by atoms with Gasteiger partial charge in [-0.15, -0.1) is 0 Å². The van der Waals surface area contributed by atoms with Crippen LogP contribution in [0.1, 0.15) is 219 Å². The fourth-order valence-electron chi connectivity index (χ4n) is 6.61. The van der Waals surface area contributed by atoms with Gasteiger partial charge in [-0.05, 0) is 12.8 Å². The molecule has 0 amide bonds. The Bertz CT molecular complexity index is 822. The second kappa shape index (κ2) is 38.4. The van der Waals surface area contributed by atoms with Crippen molar-refractivity contribution >= 4 is 13.8 Å². The van der Waals surface area contributed by atoms with Gasteiger partial charge in [0, 0.05) is 13.0 Å². The lowest BCUT2D eigenvalue weighted by atomic mass is 10.0. The lowest BCUT2D eigenvalue weighted by Crippen LogP contribution is -2.37. The fourth-order valence-corrected chi connectivity index (χ4v) is 7.35. The molecule has 2 unspecified atom stereocenters. The monoisotopic (exact) mass is 777 g/mol. The molecule has 0 aliphatic carbocycles. The van der Waals surface area contributed by atoms with E-state index in [-0.39, 0.29) is 25.8 Å². The van der Waals surface area contributed by atoms with E-state index in [9.17, 15) is 14.3 Å². The summed E-state index contributed by atoms with van der Waals surface area (Å²) in [5.74, 6) is -0.322. The van der Waals surface area contributed by atoms with Crippen LogP contribution in [0.4, 0.5) is 0 Å². The molecule has 0 fully saturated rings. The largest absolute Gasteiger partial charge is 0.472 e. The van der Waals surface area contributed by atoms with Crippen LogP contribution < -0.4 is 0 Å². The molecule has 318 valence electrons. The van der Waals surface area contributed by atoms with Crippen LogP contribution in [-0.2, 0) is 27.9 Å². The molecule has 0 aromatic rings. The SMILES string of the molecule is CCCCCCCCCCCCCCCCCCCCCCCCCCCCOCC(COP(=O)(O)OCC[N+](C)(C)C)OC(=O)CCCCCCC. The highest BCUT2D eigenvalue weighted by atomic mass is 31.2. The zero-order valence-electron chi connectivity index (χ0n) is 36.0. The maximum absolute atomic E-state index is 12.5. The number of nitrogens with zero attached hydrogens (tertiary/aromatic N) is 1. The smallest absolute Gasteiger partial charge is 0.457 e. The Balaban J connectivity index is 3.80. The van der Waals surface area contributed by atoms with Crippen molar-refractivity contribution in [2.24, 2.45) is 0 Å². The van der Waals surface area contributed by atoms with Crippen LogP contribution in [-0.4, -0.2) is 75.6 Å². The molecule has 0 aliphatic heterocycles. The van der Waals surface area contributed by atoms with Crippen LogP contribution in [0.3, 0.4) is 0 Å². The van der Waals surface area contributed by atoms with Crippen molar-refractivity contribution in [3.63, 3.8) is 0 Å². The number of quaternary nitrogens is 1. The number of rotatable bonds is 43. The molecule has 53 heavy (non-hydrogen) atoms. The summed E-state index contributed by atoms with van der Waals surface area (Å²) in [4.78, 5) is 22.6. The minimum Gasteiger partial charge on any atom is -0.457 e. The maximum Gasteiger partial charge on any atom is 0.472 e. The molecule has 8 nitrogen and oxygen atoms in total. The van der Waals surface area contributed by atoms with E-state index in [0.29, 0.717) is 24.1 Å². The van der Waals surface area contributed by atoms with Gasteiger partial charge in [-0.25, -0.2) is 4.57 Å². The number of hydrogen-bond donors (Lipinski definition) is 1. The fraction of sp³-hybridized carbons (Fsp3) is 0.977. The summed E-state index contributed by atoms with van der Waals surface area (Å²) in [7, 11) is 1.68. The summed E-state index contributed by atoms with van der Waals surface area (Å²) < 4.78 is 34.7. The molecule has 0 spiro atoms. The van der Waals surface area contributed by atoms with Crippen LogP contribution in [0, 0.1) is 0 Å². The average molecular weight is 777 g/mol. The van der Waals surface area contributed by atoms with Gasteiger partial charge >= 0.3 is 13.8 Å². The Morgan fingerprint density at radius 3 is 1.25 bits per heavy atom. The molecule has 0 rings (SSSR count). The molecule has 0 aromatic heterocycles. The number of esters is 1. The highest BCUT2D eigenvalue weighted by Gasteiger charge is 2.26. The van der Waals surface area contributed by atoms with Crippen molar-refractivity contribution in [1.82, 2.24) is 0 Å². The average Bonchev–Trinajstić information content (AvgIpc) is 3.11. The highest BCUT2D eigenvalue weighted by molar-refractivity contribution is 7.47. The number of ether oxygens (including phenoxy) is 2. The van der Waals surface area contributed by atoms with Crippen LogP contribution in [0.2, 0.25) is 0 Å². The Morgan fingerprint density at radius 1 is 0.509 bits per heavy atom. The van der Waals surface area contributed by atoms with Crippen molar-refractivity contribution in [3.05, 3.63) is 0 Å². The van der Waals surface area contributed by atoms with Crippen LogP contribution >= 0.6 is 7.82 Å². The number of phosphoric acid groups is 1. The van der Waals surface area contributed by atoms with Gasteiger partial charge in [0.1, 0.15) is 19.3 Å². The predicted molar refractivity (Wildman–Crippen MR) is 224 cm³/mol. The van der Waals surface area contributed by atoms with E-state index in [1.807, 2.05) is 21.1 Å². The number of phosphoric ester groups is 1. The maximum atomic E-state index is 12.5. The standard InChI is InChI=1S/C44H90NO7P/c1-6-8-10-12-13-14-15-16-17-18-19-20-21-22-23-24-25-26-27-28-29-30-31-32-34-36-39-49-41-43(52-44(46)37-35-33-11-9-7-2)42-51-53(47,48)50-40-38-45(3,4)5/h43H,6-42H2,1-5H3/p+1. The minimum absolute atomic E-state index is 0.0929. The van der Waals surface area contributed by atoms with Gasteiger partial charge in [0.15, 0.2) is 0 Å². The summed E-state index contributed by atoms with van der Waals surface area (Å²) in [5, 5.41) is 0. The Hall–Kier alpha value is -0.500. The summed E-state index contributed by atoms with van der Waals surface area (Å²) in [6.07, 6.45) is 40.6. The first-order valence-corrected chi connectivity index (χ1v) is 24.3. The third-order valence-electron chi connectivity index (χ3n) is 10.2. The Morgan fingerprint density at radius 2 is 0.868 bits per heavy atom. The normalized spacial score (nSPS) is 13.7. The van der Waals surface area contributed by atoms with Gasteiger partial charge in [-0.2, -0.15) is 0 Å². The molecule has 1 N–H and O–H groups in total. The van der Waals surface area contributed by atoms with Crippen molar-refractivity contribution in [2.45, 2.75) is 225 Å². The van der Waals surface area contributed by atoms with Crippen LogP contribution in [0.5, 0.6) is 0 Å². The highest BCUT2D eigenvalue weighted by Crippen LogP contribution is 2.43. The van der Waals surface area contributed by atoms with E-state index in [0.717, 1.165) is 38.5 Å². The first-order chi connectivity index (χ1) is 25.6. The Kier molecular flexibility index (Phi) is 38.0. The van der Waals surface area contributed by atoms with E-state index in [4.69, 9.17) is 18.5 Å². The van der Waals surface area contributed by atoms with E-state index >= 15 is 0 Å². The molecule has 0 radical (unpaired) electrons. The van der Waals surface area contributed by atoms with Crippen molar-refractivity contribution in [1.29, 1.82) is 0 Å². The Labute approximate surface area is 329 Å². The van der Waals surface area contributed by atoms with Gasteiger partial charge in [0.05, 0.1) is 34.4 Å². The predicted octanol–water partition coefficient (Wildman–Crippen LogP) is 13.3. The van der Waals surface area contributed by atoms with Crippen molar-refractivity contribution < 1.29 is 37.3 Å². The van der Waals surface area contributed by atoms with Crippen molar-refractivity contribution in [3.8, 4) is 0 Å². The van der Waals surface area contributed by atoms with Gasteiger partial charge in [0.2, 0.25) is 0 Å². The molecule has 0 heterocycles. The van der Waals surface area contributed by atoms with Gasteiger partial charge in [-0.1, -0.05) is 200 Å². The number of unbranched alkanes of at least 4 members (excludes halogenated alkanes) is 29. The lowest BCUT2D eigenvalue weighted by molar-refractivity contribution is -0.870. The molecule has 0 saturated carbocycles. The quantitative estimate of drug-likeness (QED) is 0.0285. The van der Waals surface area contributed by atoms with Crippen molar-refractivity contribution in [2.75, 3.05) is 54.1 Å². The van der Waals surface area contributed by atoms with Crippen LogP contribution in [0.25, 0.3) is 0 Å². The summed E-state index contributed by atoms with van der Waals surface area (Å²) in [6, 6.07) is 0. The first kappa shape index (κ1) is 52.5. The molecular weight excluding hydrogens is 685 g/mol. The molecule has 0 saturated heterocycles. The van der Waals surface area contributed by atoms with Crippen LogP contribution in [0.15, 0.2) is 0 Å². The third kappa shape index (κ3) is 42.5. The third-order valence-corrected chi connectivity index (χ3v) is 11.2. The topological polar surface area (TPSA) is 91.3 Å². The molecule has 0 bridgehead atoms. The van der Waals surface area contributed by atoms with E-state index in [1.54, 1.807) is 0 Å². The molecular formula is C44H91NO7P+. The lowest BCUT2D eigenvalue weighted by Gasteiger charge is -2.24. The summed E-state index contributed by atoms with van der Waals surface area (Å²) >= 11 is 0. The summed E-state index contributed by atoms with van der Waals surface area (Å²) in [5.41, 5.74) is 0. The molecule has 0 aromatic carbocycles. The summed E-state index contributed by atoms with van der Waals surface area (Å²) in [6.45, 7) is 5.58. The van der Waals surface area contributed by atoms with E-state index < -0.39 is 13.9 Å². The second-order valence-electron chi connectivity index (χ2n) is 16.8. The van der Waals surface area contributed by atoms with Gasteiger partial charge in [-0.3, -0.25) is 13.8 Å². The zero-order valence-corrected chi connectivity index (χ0v) is 36.9. The van der Waals surface area contributed by atoms with E-state index in [2.05, 4.69) is 13.8 Å². The van der Waals surface area contributed by atoms with Gasteiger partial charge < -0.3 is 18.9 Å². The first-order valence-electron chi connectivity index (χ1n) is 22.8. The number of carbonyl (C=O) groups is 1. The van der Waals surface area contributed by atoms with Gasteiger partial charge in [0.25, 0.3) is 0 Å². The number of carbonyl (C=O) groups excluding carboxylic acids is 1. The molecule has 9 heteroatoms. The number of likely N-dealkylation sites (N-methyl/N-ethyl adjacent to an activating group) is 1. The van der Waals surface area contributed by atoms with E-state index in [1.165, 1.54) is 161 Å². The molecule has 2 atom stereocenters. The molecule has 0 aliphatic rings. The minimum atomic E-state index is -4.25. The zero-order chi connectivity index (χ0) is 39.1.